The van der Waals surface area contributed by atoms with E-state index in [9.17, 15) is 9.59 Å². The Morgan fingerprint density at radius 2 is 1.67 bits per heavy atom. The summed E-state index contributed by atoms with van der Waals surface area (Å²) in [6, 6.07) is 20.4. The van der Waals surface area contributed by atoms with Crippen molar-refractivity contribution in [2.24, 2.45) is 0 Å². The van der Waals surface area contributed by atoms with Crippen molar-refractivity contribution in [3.05, 3.63) is 109 Å². The van der Waals surface area contributed by atoms with Gasteiger partial charge < -0.3 is 4.42 Å². The maximum Gasteiger partial charge on any atom is 0.295 e. The topological polar surface area (TPSA) is 50.5 Å². The molecule has 1 aliphatic rings. The van der Waals surface area contributed by atoms with Crippen molar-refractivity contribution in [3.63, 3.8) is 0 Å². The van der Waals surface area contributed by atoms with Crippen LogP contribution in [0.3, 0.4) is 0 Å². The van der Waals surface area contributed by atoms with Crippen LogP contribution < -0.4 is 10.3 Å². The first kappa shape index (κ1) is 18.8. The van der Waals surface area contributed by atoms with Gasteiger partial charge in [0.2, 0.25) is 5.76 Å². The number of halogens is 1. The molecular formula is C25H18BrNO3. The lowest BCUT2D eigenvalue weighted by Crippen LogP contribution is -2.29. The van der Waals surface area contributed by atoms with Gasteiger partial charge >= 0.3 is 0 Å². The zero-order valence-corrected chi connectivity index (χ0v) is 18.1. The number of carbonyl (C=O) groups is 1. The molecule has 148 valence electrons. The number of anilines is 1. The Kier molecular flexibility index (Phi) is 4.36. The number of aryl methyl sites for hydroxylation is 2. The molecule has 3 aromatic carbocycles. The van der Waals surface area contributed by atoms with Gasteiger partial charge in [0.25, 0.3) is 5.91 Å². The molecular weight excluding hydrogens is 442 g/mol. The number of carbonyl (C=O) groups excluding carboxylic acids is 1. The van der Waals surface area contributed by atoms with E-state index in [1.54, 1.807) is 23.1 Å². The van der Waals surface area contributed by atoms with Crippen molar-refractivity contribution in [1.29, 1.82) is 0 Å². The van der Waals surface area contributed by atoms with Gasteiger partial charge in [0.05, 0.1) is 17.0 Å². The van der Waals surface area contributed by atoms with Gasteiger partial charge in [-0.2, -0.15) is 0 Å². The van der Waals surface area contributed by atoms with Gasteiger partial charge in [0.1, 0.15) is 5.58 Å². The molecule has 4 nitrogen and oxygen atoms in total. The van der Waals surface area contributed by atoms with Crippen LogP contribution in [0, 0.1) is 13.8 Å². The molecule has 1 unspecified atom stereocenters. The zero-order valence-electron chi connectivity index (χ0n) is 16.5. The largest absolute Gasteiger partial charge is 0.450 e. The standard InChI is InChI=1S/C25H18BrNO3/c1-14-6-8-16(9-7-14)22-21-23(28)19-13-17(26)10-11-20(19)30-24(21)25(29)27(22)18-5-3-4-15(2)12-18/h3-13,22H,1-2H3. The molecule has 0 saturated carbocycles. The predicted molar refractivity (Wildman–Crippen MR) is 121 cm³/mol. The van der Waals surface area contributed by atoms with Crippen molar-refractivity contribution < 1.29 is 9.21 Å². The van der Waals surface area contributed by atoms with Crippen molar-refractivity contribution >= 4 is 38.5 Å². The first-order valence-corrected chi connectivity index (χ1v) is 10.5. The Hall–Kier alpha value is -3.18. The first-order chi connectivity index (χ1) is 14.4. The number of benzene rings is 3. The van der Waals surface area contributed by atoms with E-state index in [4.69, 9.17) is 4.42 Å². The second kappa shape index (κ2) is 6.96. The van der Waals surface area contributed by atoms with Gasteiger partial charge in [-0.05, 0) is 55.3 Å². The third kappa shape index (κ3) is 2.89. The van der Waals surface area contributed by atoms with Crippen molar-refractivity contribution in [1.82, 2.24) is 0 Å². The van der Waals surface area contributed by atoms with E-state index in [1.165, 1.54) is 0 Å². The van der Waals surface area contributed by atoms with Crippen molar-refractivity contribution in [2.75, 3.05) is 4.90 Å². The van der Waals surface area contributed by atoms with Crippen LogP contribution >= 0.6 is 15.9 Å². The Morgan fingerprint density at radius 3 is 2.40 bits per heavy atom. The van der Waals surface area contributed by atoms with Crippen LogP contribution in [0.2, 0.25) is 0 Å². The van der Waals surface area contributed by atoms with E-state index in [-0.39, 0.29) is 17.1 Å². The van der Waals surface area contributed by atoms with Crippen LogP contribution in [0.5, 0.6) is 0 Å². The SMILES string of the molecule is Cc1ccc(C2c3c(oc4ccc(Br)cc4c3=O)C(=O)N2c2cccc(C)c2)cc1. The van der Waals surface area contributed by atoms with Crippen LogP contribution in [0.15, 0.2) is 80.4 Å². The van der Waals surface area contributed by atoms with Gasteiger partial charge in [-0.15, -0.1) is 0 Å². The molecule has 4 aromatic rings. The number of nitrogens with zero attached hydrogens (tertiary/aromatic N) is 1. The fraction of sp³-hybridized carbons (Fsp3) is 0.120. The summed E-state index contributed by atoms with van der Waals surface area (Å²) < 4.78 is 6.78. The smallest absolute Gasteiger partial charge is 0.295 e. The van der Waals surface area contributed by atoms with E-state index < -0.39 is 6.04 Å². The van der Waals surface area contributed by atoms with Crippen molar-refractivity contribution in [3.8, 4) is 0 Å². The molecule has 0 spiro atoms. The molecule has 1 aliphatic heterocycles. The van der Waals surface area contributed by atoms with E-state index >= 15 is 0 Å². The Labute approximate surface area is 181 Å². The molecule has 5 rings (SSSR count). The highest BCUT2D eigenvalue weighted by Gasteiger charge is 2.43. The number of rotatable bonds is 2. The molecule has 0 fully saturated rings. The Morgan fingerprint density at radius 1 is 0.900 bits per heavy atom. The Balaban J connectivity index is 1.83. The lowest BCUT2D eigenvalue weighted by Gasteiger charge is -2.25. The van der Waals surface area contributed by atoms with Crippen LogP contribution in [0.4, 0.5) is 5.69 Å². The second-order valence-corrected chi connectivity index (χ2v) is 8.56. The minimum Gasteiger partial charge on any atom is -0.450 e. The molecule has 1 atom stereocenters. The minimum atomic E-state index is -0.547. The predicted octanol–water partition coefficient (Wildman–Crippen LogP) is 5.92. The number of hydrogen-bond donors (Lipinski definition) is 0. The summed E-state index contributed by atoms with van der Waals surface area (Å²) in [5.41, 5.74) is 4.37. The average molecular weight is 460 g/mol. The zero-order chi connectivity index (χ0) is 21.0. The number of fused-ring (bicyclic) bond motifs is 2. The lowest BCUT2D eigenvalue weighted by molar-refractivity contribution is 0.0971. The second-order valence-electron chi connectivity index (χ2n) is 7.64. The van der Waals surface area contributed by atoms with Gasteiger partial charge in [-0.3, -0.25) is 14.5 Å². The van der Waals surface area contributed by atoms with Crippen LogP contribution in [0.1, 0.15) is 38.9 Å². The fourth-order valence-corrected chi connectivity index (χ4v) is 4.41. The minimum absolute atomic E-state index is 0.113. The monoisotopic (exact) mass is 459 g/mol. The summed E-state index contributed by atoms with van der Waals surface area (Å²) >= 11 is 3.43. The maximum atomic E-state index is 13.6. The summed E-state index contributed by atoms with van der Waals surface area (Å²) in [6.45, 7) is 3.99. The van der Waals surface area contributed by atoms with Gasteiger partial charge in [0, 0.05) is 10.2 Å². The van der Waals surface area contributed by atoms with Gasteiger partial charge in [-0.1, -0.05) is 57.9 Å². The molecule has 30 heavy (non-hydrogen) atoms. The molecule has 0 saturated heterocycles. The number of hydrogen-bond acceptors (Lipinski definition) is 3. The molecule has 0 N–H and O–H groups in total. The molecule has 1 aromatic heterocycles. The highest BCUT2D eigenvalue weighted by Crippen LogP contribution is 2.41. The van der Waals surface area contributed by atoms with Crippen LogP contribution in [0.25, 0.3) is 11.0 Å². The van der Waals surface area contributed by atoms with E-state index in [0.29, 0.717) is 16.5 Å². The molecule has 1 amide bonds. The first-order valence-electron chi connectivity index (χ1n) is 9.67. The maximum absolute atomic E-state index is 13.6. The fourth-order valence-electron chi connectivity index (χ4n) is 4.05. The summed E-state index contributed by atoms with van der Waals surface area (Å²) in [4.78, 5) is 28.7. The van der Waals surface area contributed by atoms with Crippen LogP contribution in [-0.2, 0) is 0 Å². The lowest BCUT2D eigenvalue weighted by atomic mass is 9.97. The number of amides is 1. The summed E-state index contributed by atoms with van der Waals surface area (Å²) in [6.07, 6.45) is 0. The molecule has 0 radical (unpaired) electrons. The summed E-state index contributed by atoms with van der Waals surface area (Å²) in [5, 5.41) is 0.458. The summed E-state index contributed by atoms with van der Waals surface area (Å²) in [7, 11) is 0. The average Bonchev–Trinajstić information content (AvgIpc) is 3.02. The highest BCUT2D eigenvalue weighted by molar-refractivity contribution is 9.10. The normalized spacial score (nSPS) is 15.6. The van der Waals surface area contributed by atoms with Crippen molar-refractivity contribution in [2.45, 2.75) is 19.9 Å². The molecule has 2 heterocycles. The van der Waals surface area contributed by atoms with Gasteiger partial charge in [0.15, 0.2) is 5.43 Å². The molecule has 0 bridgehead atoms. The highest BCUT2D eigenvalue weighted by atomic mass is 79.9. The van der Waals surface area contributed by atoms with E-state index in [0.717, 1.165) is 26.9 Å². The third-order valence-corrected chi connectivity index (χ3v) is 6.00. The Bertz CT molecular complexity index is 1370. The summed E-state index contributed by atoms with van der Waals surface area (Å²) in [5.74, 6) is -0.190. The van der Waals surface area contributed by atoms with E-state index in [2.05, 4.69) is 15.9 Å². The quantitative estimate of drug-likeness (QED) is 0.373. The molecule has 5 heteroatoms. The van der Waals surface area contributed by atoms with Crippen LogP contribution in [-0.4, -0.2) is 5.91 Å². The molecule has 0 aliphatic carbocycles. The van der Waals surface area contributed by atoms with E-state index in [1.807, 2.05) is 62.4 Å². The third-order valence-electron chi connectivity index (χ3n) is 5.51. The van der Waals surface area contributed by atoms with Gasteiger partial charge in [-0.25, -0.2) is 0 Å².